The summed E-state index contributed by atoms with van der Waals surface area (Å²) in [6.07, 6.45) is 2.50. The van der Waals surface area contributed by atoms with Crippen LogP contribution < -0.4 is 0 Å². The minimum Gasteiger partial charge on any atom is -0.444 e. The van der Waals surface area contributed by atoms with E-state index in [9.17, 15) is 4.39 Å². The second-order valence-corrected chi connectivity index (χ2v) is 7.43. The van der Waals surface area contributed by atoms with Gasteiger partial charge in [0.15, 0.2) is 0 Å². The Balaban J connectivity index is 1.37. The maximum absolute atomic E-state index is 13.0. The molecule has 0 aliphatic carbocycles. The average Bonchev–Trinajstić information content (AvgIpc) is 3.40. The molecule has 0 fully saturated rings. The lowest BCUT2D eigenvalue weighted by molar-refractivity contribution is 0.550. The smallest absolute Gasteiger partial charge is 0.226 e. The standard InChI is InChI=1S/C17H14FN5OS2/c18-13-5-3-12(4-6-13)16-19-14(10-24-16)11-26-17-20-21-22-23(17)8-7-15-2-1-9-25-15/h1-6,9-10H,7-8,11H2. The van der Waals surface area contributed by atoms with Crippen LogP contribution in [0.1, 0.15) is 10.6 Å². The van der Waals surface area contributed by atoms with Crippen LogP contribution in [0.4, 0.5) is 4.39 Å². The van der Waals surface area contributed by atoms with Gasteiger partial charge in [-0.05, 0) is 46.1 Å². The van der Waals surface area contributed by atoms with E-state index in [2.05, 4.69) is 32.0 Å². The molecule has 132 valence electrons. The normalized spacial score (nSPS) is 11.1. The van der Waals surface area contributed by atoms with Crippen LogP contribution in [0.5, 0.6) is 0 Å². The Hall–Kier alpha value is -2.52. The molecular formula is C17H14FN5OS2. The van der Waals surface area contributed by atoms with Crippen molar-refractivity contribution >= 4 is 23.1 Å². The van der Waals surface area contributed by atoms with E-state index in [0.717, 1.165) is 29.4 Å². The van der Waals surface area contributed by atoms with Gasteiger partial charge in [0.25, 0.3) is 0 Å². The molecule has 0 radical (unpaired) electrons. The lowest BCUT2D eigenvalue weighted by atomic mass is 10.2. The van der Waals surface area contributed by atoms with Gasteiger partial charge in [0.2, 0.25) is 11.0 Å². The number of aromatic nitrogens is 5. The van der Waals surface area contributed by atoms with Gasteiger partial charge in [0, 0.05) is 22.6 Å². The van der Waals surface area contributed by atoms with Crippen LogP contribution in [0.25, 0.3) is 11.5 Å². The van der Waals surface area contributed by atoms with Gasteiger partial charge in [-0.2, -0.15) is 0 Å². The Labute approximate surface area is 157 Å². The van der Waals surface area contributed by atoms with E-state index in [-0.39, 0.29) is 5.82 Å². The SMILES string of the molecule is Fc1ccc(-c2nc(CSc3nnnn3CCc3cccs3)co2)cc1. The highest BCUT2D eigenvalue weighted by atomic mass is 32.2. The van der Waals surface area contributed by atoms with E-state index in [1.54, 1.807) is 34.4 Å². The maximum Gasteiger partial charge on any atom is 0.226 e. The Morgan fingerprint density at radius 1 is 1.19 bits per heavy atom. The molecule has 6 nitrogen and oxygen atoms in total. The van der Waals surface area contributed by atoms with E-state index in [1.807, 2.05) is 6.07 Å². The van der Waals surface area contributed by atoms with Gasteiger partial charge < -0.3 is 4.42 Å². The summed E-state index contributed by atoms with van der Waals surface area (Å²) in [6.45, 7) is 0.732. The van der Waals surface area contributed by atoms with Crippen molar-refractivity contribution in [1.82, 2.24) is 25.2 Å². The maximum atomic E-state index is 13.0. The second-order valence-electron chi connectivity index (χ2n) is 5.45. The third kappa shape index (κ3) is 4.00. The predicted molar refractivity (Wildman–Crippen MR) is 97.3 cm³/mol. The summed E-state index contributed by atoms with van der Waals surface area (Å²) in [7, 11) is 0. The van der Waals surface area contributed by atoms with Crippen molar-refractivity contribution in [2.75, 3.05) is 0 Å². The summed E-state index contributed by atoms with van der Waals surface area (Å²) in [5.41, 5.74) is 1.52. The number of hydrogen-bond donors (Lipinski definition) is 0. The number of hydrogen-bond acceptors (Lipinski definition) is 7. The topological polar surface area (TPSA) is 69.6 Å². The van der Waals surface area contributed by atoms with Crippen molar-refractivity contribution < 1.29 is 8.81 Å². The lowest BCUT2D eigenvalue weighted by Gasteiger charge is -2.02. The third-order valence-corrected chi connectivity index (χ3v) is 5.57. The van der Waals surface area contributed by atoms with Gasteiger partial charge in [-0.1, -0.05) is 17.8 Å². The molecule has 0 atom stereocenters. The van der Waals surface area contributed by atoms with Gasteiger partial charge >= 0.3 is 0 Å². The Morgan fingerprint density at radius 2 is 2.08 bits per heavy atom. The number of thiophene rings is 1. The molecule has 0 bridgehead atoms. The predicted octanol–water partition coefficient (Wildman–Crippen LogP) is 4.06. The van der Waals surface area contributed by atoms with Crippen molar-refractivity contribution in [1.29, 1.82) is 0 Å². The molecule has 4 rings (SSSR count). The molecule has 0 aliphatic rings. The highest BCUT2D eigenvalue weighted by molar-refractivity contribution is 7.98. The summed E-state index contributed by atoms with van der Waals surface area (Å²) < 4.78 is 20.3. The van der Waals surface area contributed by atoms with E-state index >= 15 is 0 Å². The molecule has 0 amide bonds. The summed E-state index contributed by atoms with van der Waals surface area (Å²) >= 11 is 3.23. The van der Waals surface area contributed by atoms with Crippen LogP contribution in [0.2, 0.25) is 0 Å². The third-order valence-electron chi connectivity index (χ3n) is 3.64. The summed E-state index contributed by atoms with van der Waals surface area (Å²) in [5, 5.41) is 14.7. The molecule has 0 N–H and O–H groups in total. The zero-order valence-corrected chi connectivity index (χ0v) is 15.2. The second kappa shape index (κ2) is 7.79. The molecule has 9 heteroatoms. The number of nitrogens with zero attached hydrogens (tertiary/aromatic N) is 5. The number of tetrazole rings is 1. The van der Waals surface area contributed by atoms with E-state index in [1.165, 1.54) is 28.8 Å². The number of benzene rings is 1. The fraction of sp³-hybridized carbons (Fsp3) is 0.176. The zero-order chi connectivity index (χ0) is 17.8. The summed E-state index contributed by atoms with van der Waals surface area (Å²) in [5.74, 6) is 0.771. The van der Waals surface area contributed by atoms with Crippen LogP contribution in [0.15, 0.2) is 57.6 Å². The van der Waals surface area contributed by atoms with Crippen LogP contribution in [-0.4, -0.2) is 25.2 Å². The fourth-order valence-corrected chi connectivity index (χ4v) is 3.83. The molecule has 0 aliphatic heterocycles. The molecule has 26 heavy (non-hydrogen) atoms. The Kier molecular flexibility index (Phi) is 5.07. The largest absolute Gasteiger partial charge is 0.444 e. The molecular weight excluding hydrogens is 373 g/mol. The fourth-order valence-electron chi connectivity index (χ4n) is 2.35. The highest BCUT2D eigenvalue weighted by Gasteiger charge is 2.11. The first-order chi connectivity index (χ1) is 12.8. The number of rotatable bonds is 7. The molecule has 0 saturated carbocycles. The number of oxazole rings is 1. The Morgan fingerprint density at radius 3 is 2.88 bits per heavy atom. The van der Waals surface area contributed by atoms with Gasteiger partial charge in [-0.15, -0.1) is 16.4 Å². The van der Waals surface area contributed by atoms with Crippen molar-refractivity contribution in [3.63, 3.8) is 0 Å². The monoisotopic (exact) mass is 387 g/mol. The molecule has 3 aromatic heterocycles. The minimum atomic E-state index is -0.287. The zero-order valence-electron chi connectivity index (χ0n) is 13.6. The molecule has 0 saturated heterocycles. The molecule has 0 unspecified atom stereocenters. The van der Waals surface area contributed by atoms with Crippen LogP contribution in [-0.2, 0) is 18.7 Å². The molecule has 1 aromatic carbocycles. The quantitative estimate of drug-likeness (QED) is 0.445. The van der Waals surface area contributed by atoms with Gasteiger partial charge in [0.05, 0.1) is 12.2 Å². The van der Waals surface area contributed by atoms with E-state index in [0.29, 0.717) is 11.6 Å². The minimum absolute atomic E-state index is 0.287. The van der Waals surface area contributed by atoms with Crippen molar-refractivity contribution in [3.8, 4) is 11.5 Å². The number of aryl methyl sites for hydroxylation is 2. The average molecular weight is 387 g/mol. The molecule has 3 heterocycles. The number of halogens is 1. The van der Waals surface area contributed by atoms with Crippen LogP contribution >= 0.6 is 23.1 Å². The first-order valence-corrected chi connectivity index (χ1v) is 9.76. The van der Waals surface area contributed by atoms with Gasteiger partial charge in [-0.3, -0.25) is 0 Å². The Bertz CT molecular complexity index is 965. The molecule has 4 aromatic rings. The lowest BCUT2D eigenvalue weighted by Crippen LogP contribution is -2.04. The van der Waals surface area contributed by atoms with E-state index < -0.39 is 0 Å². The number of thioether (sulfide) groups is 1. The van der Waals surface area contributed by atoms with Crippen LogP contribution in [0, 0.1) is 5.82 Å². The van der Waals surface area contributed by atoms with Crippen molar-refractivity contribution in [3.05, 3.63) is 64.4 Å². The summed E-state index contributed by atoms with van der Waals surface area (Å²) in [4.78, 5) is 5.74. The van der Waals surface area contributed by atoms with Crippen molar-refractivity contribution in [2.45, 2.75) is 23.9 Å². The van der Waals surface area contributed by atoms with Gasteiger partial charge in [0.1, 0.15) is 12.1 Å². The first kappa shape index (κ1) is 16.9. The van der Waals surface area contributed by atoms with Crippen LogP contribution in [0.3, 0.4) is 0 Å². The van der Waals surface area contributed by atoms with Gasteiger partial charge in [-0.25, -0.2) is 14.1 Å². The molecule has 0 spiro atoms. The highest BCUT2D eigenvalue weighted by Crippen LogP contribution is 2.24. The summed E-state index contributed by atoms with van der Waals surface area (Å²) in [6, 6.07) is 10.2. The van der Waals surface area contributed by atoms with Crippen molar-refractivity contribution in [2.24, 2.45) is 0 Å². The first-order valence-electron chi connectivity index (χ1n) is 7.89. The van der Waals surface area contributed by atoms with E-state index in [4.69, 9.17) is 4.42 Å².